The number of nitrogens with zero attached hydrogens (tertiary/aromatic N) is 4. The molecule has 0 aliphatic carbocycles. The molecule has 10 nitrogen and oxygen atoms in total. The van der Waals surface area contributed by atoms with E-state index in [2.05, 4.69) is 25.3 Å². The molecule has 0 aromatic carbocycles. The van der Waals surface area contributed by atoms with Crippen molar-refractivity contribution in [1.29, 1.82) is 0 Å². The third-order valence-electron chi connectivity index (χ3n) is 3.83. The van der Waals surface area contributed by atoms with Crippen LogP contribution in [0.15, 0.2) is 41.4 Å². The first-order chi connectivity index (χ1) is 12.8. The summed E-state index contributed by atoms with van der Waals surface area (Å²) < 4.78 is 10.2. The number of aliphatic imine (C=N–C) groups is 1. The minimum absolute atomic E-state index is 0.00977. The van der Waals surface area contributed by atoms with Crippen LogP contribution < -0.4 is 21.5 Å². The van der Waals surface area contributed by atoms with Crippen LogP contribution in [0, 0.1) is 0 Å². The number of allylic oxidation sites excluding steroid dienone is 1. The van der Waals surface area contributed by atoms with E-state index in [1.807, 2.05) is 6.92 Å². The molecule has 2 aromatic rings. The lowest BCUT2D eigenvalue weighted by molar-refractivity contribution is 0.102. The third kappa shape index (κ3) is 3.78. The minimum atomic E-state index is -0.813. The van der Waals surface area contributed by atoms with Gasteiger partial charge in [0.2, 0.25) is 5.88 Å². The van der Waals surface area contributed by atoms with Crippen LogP contribution >= 0.6 is 0 Å². The average molecular weight is 369 g/mol. The molecule has 1 atom stereocenters. The van der Waals surface area contributed by atoms with Gasteiger partial charge in [-0.05, 0) is 32.1 Å². The summed E-state index contributed by atoms with van der Waals surface area (Å²) in [6, 6.07) is 3.38. The number of nitrogens with two attached hydrogens (primary N) is 2. The van der Waals surface area contributed by atoms with Crippen molar-refractivity contribution in [3.63, 3.8) is 0 Å². The van der Waals surface area contributed by atoms with Gasteiger partial charge >= 0.3 is 0 Å². The van der Waals surface area contributed by atoms with Crippen molar-refractivity contribution in [2.45, 2.75) is 19.4 Å². The molecule has 0 bridgehead atoms. The van der Waals surface area contributed by atoms with Gasteiger partial charge in [-0.25, -0.2) is 9.98 Å². The highest BCUT2D eigenvalue weighted by atomic mass is 16.5. The van der Waals surface area contributed by atoms with Gasteiger partial charge in [-0.1, -0.05) is 0 Å². The van der Waals surface area contributed by atoms with Crippen LogP contribution in [-0.4, -0.2) is 34.0 Å². The van der Waals surface area contributed by atoms with Crippen molar-refractivity contribution in [3.05, 3.63) is 47.7 Å². The topological polar surface area (TPSA) is 151 Å². The molecule has 1 aliphatic heterocycles. The lowest BCUT2D eigenvalue weighted by atomic mass is 9.96. The van der Waals surface area contributed by atoms with Gasteiger partial charge in [0, 0.05) is 11.9 Å². The molecule has 0 fully saturated rings. The highest BCUT2D eigenvalue weighted by molar-refractivity contribution is 6.05. The molecular weight excluding hydrogens is 350 g/mol. The molecule has 0 spiro atoms. The Labute approximate surface area is 155 Å². The number of rotatable bonds is 4. The molecule has 27 heavy (non-hydrogen) atoms. The standard InChI is InChI=1S/C17H19N7O3/c1-9-7-17(2,24-16(19)27-9)11-6-10(4-5-20-11)22-15(25)13-14(18)23-12(26-3)8-21-13/h4-8H,1-3H3,(H2,18,23)(H2,19,24)(H,20,22,25)/t17-/m0/s1. The quantitative estimate of drug-likeness (QED) is 0.727. The number of amides is 1. The van der Waals surface area contributed by atoms with Gasteiger partial charge in [0.25, 0.3) is 11.9 Å². The summed E-state index contributed by atoms with van der Waals surface area (Å²) in [6.45, 7) is 3.61. The predicted molar refractivity (Wildman–Crippen MR) is 99.0 cm³/mol. The zero-order valence-corrected chi connectivity index (χ0v) is 15.1. The number of methoxy groups -OCH3 is 1. The van der Waals surface area contributed by atoms with E-state index in [4.69, 9.17) is 20.9 Å². The second kappa shape index (κ2) is 6.90. The van der Waals surface area contributed by atoms with Crippen molar-refractivity contribution in [1.82, 2.24) is 15.0 Å². The SMILES string of the molecule is COc1cnc(C(=O)Nc2ccnc([C@]3(C)C=C(C)OC(N)=N3)c2)c(N)n1. The summed E-state index contributed by atoms with van der Waals surface area (Å²) in [5, 5.41) is 2.72. The van der Waals surface area contributed by atoms with E-state index in [1.54, 1.807) is 31.3 Å². The van der Waals surface area contributed by atoms with Gasteiger partial charge in [0.15, 0.2) is 11.5 Å². The fraction of sp³-hybridized carbons (Fsp3) is 0.235. The molecule has 0 unspecified atom stereocenters. The second-order valence-corrected chi connectivity index (χ2v) is 5.98. The van der Waals surface area contributed by atoms with Crippen molar-refractivity contribution in [2.24, 2.45) is 10.7 Å². The maximum absolute atomic E-state index is 12.5. The number of hydrogen-bond acceptors (Lipinski definition) is 9. The Morgan fingerprint density at radius 1 is 1.33 bits per heavy atom. The Bertz CT molecular complexity index is 937. The van der Waals surface area contributed by atoms with Crippen molar-refractivity contribution in [3.8, 4) is 5.88 Å². The Kier molecular flexibility index (Phi) is 4.63. The lowest BCUT2D eigenvalue weighted by Crippen LogP contribution is -2.30. The van der Waals surface area contributed by atoms with Crippen LogP contribution in [0.1, 0.15) is 30.0 Å². The monoisotopic (exact) mass is 369 g/mol. The molecule has 5 N–H and O–H groups in total. The molecular formula is C17H19N7O3. The fourth-order valence-electron chi connectivity index (χ4n) is 2.64. The van der Waals surface area contributed by atoms with Gasteiger partial charge < -0.3 is 26.3 Å². The Morgan fingerprint density at radius 2 is 2.11 bits per heavy atom. The Morgan fingerprint density at radius 3 is 2.78 bits per heavy atom. The van der Waals surface area contributed by atoms with Gasteiger partial charge in [0.05, 0.1) is 19.0 Å². The first-order valence-corrected chi connectivity index (χ1v) is 7.98. The number of amidine groups is 1. The molecule has 140 valence electrons. The fourth-order valence-corrected chi connectivity index (χ4v) is 2.64. The van der Waals surface area contributed by atoms with Gasteiger partial charge in [-0.3, -0.25) is 9.78 Å². The second-order valence-electron chi connectivity index (χ2n) is 5.98. The molecule has 10 heteroatoms. The van der Waals surface area contributed by atoms with Gasteiger partial charge in [0.1, 0.15) is 11.3 Å². The van der Waals surface area contributed by atoms with Gasteiger partial charge in [-0.2, -0.15) is 4.98 Å². The summed E-state index contributed by atoms with van der Waals surface area (Å²) in [7, 11) is 1.43. The predicted octanol–water partition coefficient (Wildman–Crippen LogP) is 1.18. The van der Waals surface area contributed by atoms with E-state index < -0.39 is 11.4 Å². The minimum Gasteiger partial charge on any atom is -0.480 e. The van der Waals surface area contributed by atoms with Crippen molar-refractivity contribution < 1.29 is 14.3 Å². The molecule has 3 heterocycles. The van der Waals surface area contributed by atoms with Crippen LogP contribution in [0.25, 0.3) is 0 Å². The number of nitrogens with one attached hydrogen (secondary N) is 1. The first-order valence-electron chi connectivity index (χ1n) is 7.98. The summed E-state index contributed by atoms with van der Waals surface area (Å²) in [6.07, 6.45) is 4.67. The van der Waals surface area contributed by atoms with E-state index in [9.17, 15) is 4.79 Å². The molecule has 0 saturated heterocycles. The van der Waals surface area contributed by atoms with Crippen LogP contribution in [0.5, 0.6) is 5.88 Å². The molecule has 1 aliphatic rings. The van der Waals surface area contributed by atoms with Crippen molar-refractivity contribution >= 4 is 23.4 Å². The Hall–Kier alpha value is -3.69. The van der Waals surface area contributed by atoms with E-state index in [0.29, 0.717) is 17.1 Å². The maximum Gasteiger partial charge on any atom is 0.288 e. The summed E-state index contributed by atoms with van der Waals surface area (Å²) in [5.41, 5.74) is 11.7. The number of nitrogen functional groups attached to an aromatic ring is 1. The third-order valence-corrected chi connectivity index (χ3v) is 3.83. The number of pyridine rings is 1. The van der Waals surface area contributed by atoms with E-state index in [-0.39, 0.29) is 23.4 Å². The number of aromatic nitrogens is 3. The summed E-state index contributed by atoms with van der Waals surface area (Å²) >= 11 is 0. The smallest absolute Gasteiger partial charge is 0.288 e. The highest BCUT2D eigenvalue weighted by Crippen LogP contribution is 2.31. The molecule has 1 amide bonds. The highest BCUT2D eigenvalue weighted by Gasteiger charge is 2.30. The largest absolute Gasteiger partial charge is 0.480 e. The molecule has 2 aromatic heterocycles. The van der Waals surface area contributed by atoms with Crippen LogP contribution in [0.2, 0.25) is 0 Å². The molecule has 0 radical (unpaired) electrons. The number of carbonyl (C=O) groups excluding carboxylic acids is 1. The zero-order valence-electron chi connectivity index (χ0n) is 15.1. The number of ether oxygens (including phenoxy) is 2. The maximum atomic E-state index is 12.5. The summed E-state index contributed by atoms with van der Waals surface area (Å²) in [5.74, 6) is 0.294. The molecule has 3 rings (SSSR count). The van der Waals surface area contributed by atoms with E-state index in [1.165, 1.54) is 13.3 Å². The van der Waals surface area contributed by atoms with Gasteiger partial charge in [-0.15, -0.1) is 0 Å². The first kappa shape index (κ1) is 18.1. The number of hydrogen-bond donors (Lipinski definition) is 3. The van der Waals surface area contributed by atoms with Crippen molar-refractivity contribution in [2.75, 3.05) is 18.2 Å². The summed E-state index contributed by atoms with van der Waals surface area (Å²) in [4.78, 5) is 29.0. The van der Waals surface area contributed by atoms with E-state index >= 15 is 0 Å². The average Bonchev–Trinajstić information content (AvgIpc) is 2.60. The normalized spacial score (nSPS) is 18.8. The van der Waals surface area contributed by atoms with E-state index in [0.717, 1.165) is 0 Å². The lowest BCUT2D eigenvalue weighted by Gasteiger charge is -2.26. The van der Waals surface area contributed by atoms with Crippen LogP contribution in [0.4, 0.5) is 11.5 Å². The Balaban J connectivity index is 1.86. The number of anilines is 2. The number of carbonyl (C=O) groups is 1. The van der Waals surface area contributed by atoms with Crippen LogP contribution in [-0.2, 0) is 10.3 Å². The zero-order chi connectivity index (χ0) is 19.6. The molecule has 0 saturated carbocycles. The van der Waals surface area contributed by atoms with Crippen LogP contribution in [0.3, 0.4) is 0 Å².